The van der Waals surface area contributed by atoms with E-state index in [9.17, 15) is 14.0 Å². The van der Waals surface area contributed by atoms with E-state index < -0.39 is 23.9 Å². The molecule has 2 rings (SSSR count). The SMILES string of the molecule is O=C(O)CC1COCCN1C(=O)Nc1cccc(Cl)c1F. The van der Waals surface area contributed by atoms with Crippen molar-refractivity contribution < 1.29 is 23.8 Å². The second-order valence-corrected chi connectivity index (χ2v) is 4.96. The van der Waals surface area contributed by atoms with Crippen LogP contribution in [-0.4, -0.2) is 47.8 Å². The molecule has 1 saturated heterocycles. The first-order valence-corrected chi connectivity index (χ1v) is 6.68. The fourth-order valence-electron chi connectivity index (χ4n) is 2.08. The number of morpholine rings is 1. The van der Waals surface area contributed by atoms with Crippen LogP contribution < -0.4 is 5.32 Å². The van der Waals surface area contributed by atoms with Crippen LogP contribution >= 0.6 is 11.6 Å². The van der Waals surface area contributed by atoms with Gasteiger partial charge in [-0.15, -0.1) is 0 Å². The van der Waals surface area contributed by atoms with Gasteiger partial charge in [-0.2, -0.15) is 0 Å². The molecule has 1 aromatic rings. The topological polar surface area (TPSA) is 78.9 Å². The van der Waals surface area contributed by atoms with E-state index in [1.807, 2.05) is 0 Å². The van der Waals surface area contributed by atoms with Crippen molar-refractivity contribution in [2.75, 3.05) is 25.1 Å². The molecule has 8 heteroatoms. The number of carbonyl (C=O) groups excluding carboxylic acids is 1. The second kappa shape index (κ2) is 6.73. The number of benzene rings is 1. The summed E-state index contributed by atoms with van der Waals surface area (Å²) in [7, 11) is 0. The first kappa shape index (κ1) is 15.5. The van der Waals surface area contributed by atoms with Gasteiger partial charge in [0, 0.05) is 6.54 Å². The summed E-state index contributed by atoms with van der Waals surface area (Å²) in [6, 6.07) is 3.10. The van der Waals surface area contributed by atoms with Gasteiger partial charge in [0.05, 0.1) is 36.4 Å². The Morgan fingerprint density at radius 3 is 3.00 bits per heavy atom. The smallest absolute Gasteiger partial charge is 0.322 e. The minimum atomic E-state index is -1.03. The molecule has 0 aliphatic carbocycles. The Kier molecular flexibility index (Phi) is 4.98. The molecule has 1 aliphatic heterocycles. The standard InChI is InChI=1S/C13H14ClFN2O4/c14-9-2-1-3-10(12(9)15)16-13(20)17-4-5-21-7-8(17)6-11(18)19/h1-3,8H,4-7H2,(H,16,20)(H,18,19). The van der Waals surface area contributed by atoms with Crippen LogP contribution in [0.5, 0.6) is 0 Å². The number of halogens is 2. The van der Waals surface area contributed by atoms with Crippen LogP contribution in [0.1, 0.15) is 6.42 Å². The van der Waals surface area contributed by atoms with E-state index in [-0.39, 0.29) is 30.3 Å². The highest BCUT2D eigenvalue weighted by Gasteiger charge is 2.29. The molecule has 0 saturated carbocycles. The highest BCUT2D eigenvalue weighted by atomic mass is 35.5. The van der Waals surface area contributed by atoms with E-state index in [0.29, 0.717) is 6.61 Å². The van der Waals surface area contributed by atoms with Crippen LogP contribution in [0.2, 0.25) is 5.02 Å². The first-order valence-electron chi connectivity index (χ1n) is 6.30. The number of nitrogens with one attached hydrogen (secondary N) is 1. The van der Waals surface area contributed by atoms with Crippen LogP contribution in [0.25, 0.3) is 0 Å². The number of anilines is 1. The van der Waals surface area contributed by atoms with Gasteiger partial charge in [0.1, 0.15) is 0 Å². The summed E-state index contributed by atoms with van der Waals surface area (Å²) in [5, 5.41) is 11.1. The van der Waals surface area contributed by atoms with Crippen molar-refractivity contribution in [3.05, 3.63) is 29.0 Å². The zero-order chi connectivity index (χ0) is 15.4. The summed E-state index contributed by atoms with van der Waals surface area (Å²) >= 11 is 5.64. The van der Waals surface area contributed by atoms with Gasteiger partial charge in [-0.1, -0.05) is 17.7 Å². The second-order valence-electron chi connectivity index (χ2n) is 4.55. The van der Waals surface area contributed by atoms with Gasteiger partial charge in [0.15, 0.2) is 5.82 Å². The van der Waals surface area contributed by atoms with Crippen molar-refractivity contribution in [2.24, 2.45) is 0 Å². The number of urea groups is 1. The minimum Gasteiger partial charge on any atom is -0.481 e. The summed E-state index contributed by atoms with van der Waals surface area (Å²) in [6.45, 7) is 0.686. The summed E-state index contributed by atoms with van der Waals surface area (Å²) in [5.74, 6) is -1.76. The number of rotatable bonds is 3. The Morgan fingerprint density at radius 2 is 2.29 bits per heavy atom. The van der Waals surface area contributed by atoms with Crippen molar-refractivity contribution in [1.29, 1.82) is 0 Å². The predicted molar refractivity (Wildman–Crippen MR) is 74.0 cm³/mol. The number of nitrogens with zero attached hydrogens (tertiary/aromatic N) is 1. The van der Waals surface area contributed by atoms with Gasteiger partial charge < -0.3 is 20.1 Å². The maximum atomic E-state index is 13.8. The van der Waals surface area contributed by atoms with Crippen LogP contribution in [0.15, 0.2) is 18.2 Å². The normalized spacial score (nSPS) is 18.4. The fraction of sp³-hybridized carbons (Fsp3) is 0.385. The third-order valence-electron chi connectivity index (χ3n) is 3.09. The predicted octanol–water partition coefficient (Wildman–Crippen LogP) is 2.19. The number of aliphatic carboxylic acids is 1. The molecule has 6 nitrogen and oxygen atoms in total. The van der Waals surface area contributed by atoms with Gasteiger partial charge in [0.2, 0.25) is 0 Å². The Hall–Kier alpha value is -1.86. The maximum Gasteiger partial charge on any atom is 0.322 e. The lowest BCUT2D eigenvalue weighted by molar-refractivity contribution is -0.139. The summed E-state index contributed by atoms with van der Waals surface area (Å²) in [6.07, 6.45) is -0.231. The highest BCUT2D eigenvalue weighted by molar-refractivity contribution is 6.31. The third kappa shape index (κ3) is 3.83. The molecule has 1 atom stereocenters. The van der Waals surface area contributed by atoms with Gasteiger partial charge in [-0.25, -0.2) is 9.18 Å². The summed E-state index contributed by atoms with van der Waals surface area (Å²) < 4.78 is 18.9. The van der Waals surface area contributed by atoms with Crippen LogP contribution in [0.3, 0.4) is 0 Å². The largest absolute Gasteiger partial charge is 0.481 e. The van der Waals surface area contributed by atoms with Crippen molar-refractivity contribution in [3.63, 3.8) is 0 Å². The third-order valence-corrected chi connectivity index (χ3v) is 3.38. The first-order chi connectivity index (χ1) is 9.99. The molecule has 1 fully saturated rings. The average molecular weight is 317 g/mol. The van der Waals surface area contributed by atoms with Crippen molar-refractivity contribution in [2.45, 2.75) is 12.5 Å². The highest BCUT2D eigenvalue weighted by Crippen LogP contribution is 2.23. The molecule has 0 radical (unpaired) electrons. The van der Waals surface area contributed by atoms with Crippen LogP contribution in [0.4, 0.5) is 14.9 Å². The Bertz CT molecular complexity index is 555. The van der Waals surface area contributed by atoms with E-state index in [4.69, 9.17) is 21.4 Å². The van der Waals surface area contributed by atoms with E-state index in [1.165, 1.54) is 23.1 Å². The Morgan fingerprint density at radius 1 is 1.52 bits per heavy atom. The molecule has 1 aliphatic rings. The zero-order valence-electron chi connectivity index (χ0n) is 11.0. The number of ether oxygens (including phenoxy) is 1. The maximum absolute atomic E-state index is 13.8. The molecule has 1 heterocycles. The van der Waals surface area contributed by atoms with E-state index in [1.54, 1.807) is 0 Å². The Balaban J connectivity index is 2.10. The van der Waals surface area contributed by atoms with Crippen LogP contribution in [-0.2, 0) is 9.53 Å². The lowest BCUT2D eigenvalue weighted by atomic mass is 10.1. The van der Waals surface area contributed by atoms with E-state index >= 15 is 0 Å². The monoisotopic (exact) mass is 316 g/mol. The van der Waals surface area contributed by atoms with Crippen LogP contribution in [0, 0.1) is 5.82 Å². The number of carboxylic acid groups (broad SMARTS) is 1. The van der Waals surface area contributed by atoms with E-state index in [0.717, 1.165) is 0 Å². The van der Waals surface area contributed by atoms with Gasteiger partial charge in [-0.3, -0.25) is 4.79 Å². The molecular weight excluding hydrogens is 303 g/mol. The van der Waals surface area contributed by atoms with Gasteiger partial charge in [0.25, 0.3) is 0 Å². The summed E-state index contributed by atoms with van der Waals surface area (Å²) in [4.78, 5) is 24.3. The molecule has 114 valence electrons. The fourth-order valence-corrected chi connectivity index (χ4v) is 2.25. The molecule has 0 aromatic heterocycles. The number of carbonyl (C=O) groups is 2. The van der Waals surface area contributed by atoms with Gasteiger partial charge in [-0.05, 0) is 12.1 Å². The van der Waals surface area contributed by atoms with Crippen molar-refractivity contribution >= 4 is 29.3 Å². The number of amides is 2. The quantitative estimate of drug-likeness (QED) is 0.896. The molecule has 1 aromatic carbocycles. The molecule has 2 N–H and O–H groups in total. The lowest BCUT2D eigenvalue weighted by Gasteiger charge is -2.34. The average Bonchev–Trinajstić information content (AvgIpc) is 2.44. The van der Waals surface area contributed by atoms with Gasteiger partial charge >= 0.3 is 12.0 Å². The molecular formula is C13H14ClFN2O4. The molecule has 1 unspecified atom stereocenters. The molecule has 2 amide bonds. The number of hydrogen-bond donors (Lipinski definition) is 2. The van der Waals surface area contributed by atoms with Crippen molar-refractivity contribution in [3.8, 4) is 0 Å². The molecule has 0 bridgehead atoms. The number of carboxylic acids is 1. The Labute approximate surface area is 125 Å². The minimum absolute atomic E-state index is 0.0481. The van der Waals surface area contributed by atoms with E-state index in [2.05, 4.69) is 5.32 Å². The lowest BCUT2D eigenvalue weighted by Crippen LogP contribution is -2.51. The zero-order valence-corrected chi connectivity index (χ0v) is 11.8. The summed E-state index contributed by atoms with van der Waals surface area (Å²) in [5.41, 5.74) is -0.0481. The molecule has 21 heavy (non-hydrogen) atoms. The molecule has 0 spiro atoms. The van der Waals surface area contributed by atoms with Crippen molar-refractivity contribution in [1.82, 2.24) is 4.90 Å². The number of hydrogen-bond acceptors (Lipinski definition) is 3.